The van der Waals surface area contributed by atoms with Gasteiger partial charge in [-0.3, -0.25) is 0 Å². The Kier molecular flexibility index (Phi) is 5.82. The molecule has 0 aromatic heterocycles. The van der Waals surface area contributed by atoms with E-state index < -0.39 is 0 Å². The fraction of sp³-hybridized carbons (Fsp3) is 0.571. The van der Waals surface area contributed by atoms with E-state index in [4.69, 9.17) is 19.9 Å². The molecule has 0 aliphatic rings. The van der Waals surface area contributed by atoms with Crippen LogP contribution in [0.25, 0.3) is 0 Å². The molecule has 4 nitrogen and oxygen atoms in total. The molecule has 0 aliphatic heterocycles. The monoisotopic (exact) mass is 285 g/mol. The average molecular weight is 285 g/mol. The lowest BCUT2D eigenvalue weighted by Gasteiger charge is -2.23. The van der Waals surface area contributed by atoms with Crippen molar-refractivity contribution in [2.45, 2.75) is 24.3 Å². The number of thioether (sulfide) groups is 1. The van der Waals surface area contributed by atoms with E-state index in [0.717, 1.165) is 28.6 Å². The van der Waals surface area contributed by atoms with Gasteiger partial charge in [0.05, 0.1) is 21.3 Å². The van der Waals surface area contributed by atoms with Gasteiger partial charge in [0.2, 0.25) is 0 Å². The Morgan fingerprint density at radius 2 is 1.58 bits per heavy atom. The maximum absolute atomic E-state index is 5.75. The Bertz CT molecular complexity index is 396. The zero-order chi connectivity index (χ0) is 14.5. The zero-order valence-electron chi connectivity index (χ0n) is 12.3. The number of ether oxygens (including phenoxy) is 3. The number of methoxy groups -OCH3 is 3. The molecule has 0 spiro atoms. The summed E-state index contributed by atoms with van der Waals surface area (Å²) in [4.78, 5) is 0. The maximum atomic E-state index is 5.75. The van der Waals surface area contributed by atoms with Gasteiger partial charge >= 0.3 is 0 Å². The van der Waals surface area contributed by atoms with Crippen LogP contribution in [0.2, 0.25) is 0 Å². The summed E-state index contributed by atoms with van der Waals surface area (Å²) in [5.41, 5.74) is 6.78. The SMILES string of the molecule is COc1cc(OC)c(CSC(C)(C)CN)c(OC)c1. The Morgan fingerprint density at radius 1 is 1.05 bits per heavy atom. The van der Waals surface area contributed by atoms with Crippen molar-refractivity contribution >= 4 is 11.8 Å². The molecule has 0 fully saturated rings. The minimum atomic E-state index is 0.0238. The van der Waals surface area contributed by atoms with Gasteiger partial charge in [0.25, 0.3) is 0 Å². The highest BCUT2D eigenvalue weighted by molar-refractivity contribution is 7.99. The average Bonchev–Trinajstić information content (AvgIpc) is 2.44. The first kappa shape index (κ1) is 16.0. The highest BCUT2D eigenvalue weighted by Crippen LogP contribution is 2.39. The molecule has 5 heteroatoms. The predicted molar refractivity (Wildman–Crippen MR) is 80.5 cm³/mol. The van der Waals surface area contributed by atoms with E-state index in [1.54, 1.807) is 33.1 Å². The van der Waals surface area contributed by atoms with Crippen LogP contribution in [0.15, 0.2) is 12.1 Å². The van der Waals surface area contributed by atoms with Crippen molar-refractivity contribution in [3.63, 3.8) is 0 Å². The largest absolute Gasteiger partial charge is 0.496 e. The molecule has 0 heterocycles. The van der Waals surface area contributed by atoms with Crippen LogP contribution in [-0.4, -0.2) is 32.6 Å². The molecule has 1 aromatic rings. The van der Waals surface area contributed by atoms with Crippen molar-refractivity contribution < 1.29 is 14.2 Å². The second-order valence-electron chi connectivity index (χ2n) is 4.76. The van der Waals surface area contributed by atoms with Gasteiger partial charge in [0.15, 0.2) is 0 Å². The first-order valence-corrected chi connectivity index (χ1v) is 7.09. The lowest BCUT2D eigenvalue weighted by molar-refractivity contribution is 0.371. The fourth-order valence-electron chi connectivity index (χ4n) is 1.55. The van der Waals surface area contributed by atoms with Gasteiger partial charge in [0, 0.05) is 34.7 Å². The number of rotatable bonds is 7. The van der Waals surface area contributed by atoms with Crippen LogP contribution in [0.5, 0.6) is 17.2 Å². The molecule has 19 heavy (non-hydrogen) atoms. The van der Waals surface area contributed by atoms with E-state index in [1.165, 1.54) is 0 Å². The Balaban J connectivity index is 3.04. The number of benzene rings is 1. The molecular formula is C14H23NO3S. The molecular weight excluding hydrogens is 262 g/mol. The molecule has 0 aliphatic carbocycles. The fourth-order valence-corrected chi connectivity index (χ4v) is 2.48. The van der Waals surface area contributed by atoms with Crippen LogP contribution in [0.3, 0.4) is 0 Å². The summed E-state index contributed by atoms with van der Waals surface area (Å²) in [7, 11) is 4.92. The standard InChI is InChI=1S/C14H23NO3S/c1-14(2,9-15)19-8-11-12(17-4)6-10(16-3)7-13(11)18-5/h6-7H,8-9,15H2,1-5H3. The maximum Gasteiger partial charge on any atom is 0.130 e. The molecule has 0 radical (unpaired) electrons. The molecule has 2 N–H and O–H groups in total. The van der Waals surface area contributed by atoms with Gasteiger partial charge in [-0.15, -0.1) is 11.8 Å². The third-order valence-corrected chi connectivity index (χ3v) is 4.30. The summed E-state index contributed by atoms with van der Waals surface area (Å²) in [5, 5.41) is 0. The van der Waals surface area contributed by atoms with Crippen molar-refractivity contribution in [3.8, 4) is 17.2 Å². The lowest BCUT2D eigenvalue weighted by atomic mass is 10.2. The van der Waals surface area contributed by atoms with Crippen molar-refractivity contribution in [1.82, 2.24) is 0 Å². The van der Waals surface area contributed by atoms with Crippen LogP contribution in [0.1, 0.15) is 19.4 Å². The molecule has 0 bridgehead atoms. The molecule has 1 aromatic carbocycles. The van der Waals surface area contributed by atoms with Crippen LogP contribution in [-0.2, 0) is 5.75 Å². The van der Waals surface area contributed by atoms with Crippen molar-refractivity contribution in [2.75, 3.05) is 27.9 Å². The summed E-state index contributed by atoms with van der Waals surface area (Å²) in [6.07, 6.45) is 0. The highest BCUT2D eigenvalue weighted by atomic mass is 32.2. The Labute approximate surface area is 119 Å². The Hall–Kier alpha value is -1.07. The van der Waals surface area contributed by atoms with Crippen LogP contribution in [0.4, 0.5) is 0 Å². The molecule has 0 amide bonds. The summed E-state index contributed by atoms with van der Waals surface area (Å²) >= 11 is 1.78. The topological polar surface area (TPSA) is 53.7 Å². The Morgan fingerprint density at radius 3 is 1.95 bits per heavy atom. The normalized spacial score (nSPS) is 11.3. The van der Waals surface area contributed by atoms with E-state index in [2.05, 4.69) is 13.8 Å². The van der Waals surface area contributed by atoms with E-state index in [9.17, 15) is 0 Å². The van der Waals surface area contributed by atoms with E-state index >= 15 is 0 Å². The molecule has 0 unspecified atom stereocenters. The van der Waals surface area contributed by atoms with Gasteiger partial charge in [-0.1, -0.05) is 0 Å². The summed E-state index contributed by atoms with van der Waals surface area (Å²) in [6, 6.07) is 3.74. The number of hydrogen-bond donors (Lipinski definition) is 1. The van der Waals surface area contributed by atoms with E-state index in [1.807, 2.05) is 12.1 Å². The molecule has 1 rings (SSSR count). The first-order valence-electron chi connectivity index (χ1n) is 6.10. The van der Waals surface area contributed by atoms with Crippen LogP contribution < -0.4 is 19.9 Å². The van der Waals surface area contributed by atoms with E-state index in [-0.39, 0.29) is 4.75 Å². The van der Waals surface area contributed by atoms with Crippen LogP contribution >= 0.6 is 11.8 Å². The number of hydrogen-bond acceptors (Lipinski definition) is 5. The third-order valence-electron chi connectivity index (χ3n) is 2.92. The molecule has 0 saturated heterocycles. The van der Waals surface area contributed by atoms with Crippen LogP contribution in [0, 0.1) is 0 Å². The molecule has 108 valence electrons. The van der Waals surface area contributed by atoms with Gasteiger partial charge in [-0.25, -0.2) is 0 Å². The number of nitrogens with two attached hydrogens (primary N) is 1. The van der Waals surface area contributed by atoms with Gasteiger partial charge in [0.1, 0.15) is 17.2 Å². The van der Waals surface area contributed by atoms with Gasteiger partial charge in [-0.2, -0.15) is 0 Å². The minimum Gasteiger partial charge on any atom is -0.496 e. The van der Waals surface area contributed by atoms with E-state index in [0.29, 0.717) is 6.54 Å². The summed E-state index contributed by atoms with van der Waals surface area (Å²) < 4.78 is 16.1. The van der Waals surface area contributed by atoms with Crippen molar-refractivity contribution in [2.24, 2.45) is 5.73 Å². The van der Waals surface area contributed by atoms with Crippen molar-refractivity contribution in [3.05, 3.63) is 17.7 Å². The third kappa shape index (κ3) is 4.21. The van der Waals surface area contributed by atoms with Crippen molar-refractivity contribution in [1.29, 1.82) is 0 Å². The predicted octanol–water partition coefficient (Wildman–Crippen LogP) is 2.68. The smallest absolute Gasteiger partial charge is 0.130 e. The quantitative estimate of drug-likeness (QED) is 0.834. The lowest BCUT2D eigenvalue weighted by Crippen LogP contribution is -2.26. The summed E-state index contributed by atoms with van der Waals surface area (Å²) in [6.45, 7) is 4.87. The van der Waals surface area contributed by atoms with Gasteiger partial charge in [-0.05, 0) is 13.8 Å². The van der Waals surface area contributed by atoms with Gasteiger partial charge < -0.3 is 19.9 Å². The highest BCUT2D eigenvalue weighted by Gasteiger charge is 2.20. The minimum absolute atomic E-state index is 0.0238. The molecule has 0 atom stereocenters. The molecule has 0 saturated carbocycles. The first-order chi connectivity index (χ1) is 8.97. The summed E-state index contributed by atoms with van der Waals surface area (Å²) in [5.74, 6) is 3.05. The second-order valence-corrected chi connectivity index (χ2v) is 6.45. The second kappa shape index (κ2) is 6.91. The zero-order valence-corrected chi connectivity index (χ0v) is 13.1.